The van der Waals surface area contributed by atoms with Gasteiger partial charge in [-0.05, 0) is 50.2 Å². The van der Waals surface area contributed by atoms with Crippen LogP contribution < -0.4 is 10.6 Å². The summed E-state index contributed by atoms with van der Waals surface area (Å²) in [4.78, 5) is 20.8. The Morgan fingerprint density at radius 2 is 2.00 bits per heavy atom. The molecule has 3 N–H and O–H groups in total. The lowest BCUT2D eigenvalue weighted by Gasteiger charge is -2.22. The fourth-order valence-corrected chi connectivity index (χ4v) is 3.27. The van der Waals surface area contributed by atoms with Crippen molar-refractivity contribution in [1.82, 2.24) is 24.9 Å². The number of anilines is 2. The summed E-state index contributed by atoms with van der Waals surface area (Å²) in [5, 5.41) is 28.6. The van der Waals surface area contributed by atoms with Crippen molar-refractivity contribution in [2.75, 3.05) is 11.9 Å². The fourth-order valence-electron chi connectivity index (χ4n) is 3.27. The van der Waals surface area contributed by atoms with Gasteiger partial charge in [0, 0.05) is 6.20 Å². The van der Waals surface area contributed by atoms with Crippen LogP contribution in [0.3, 0.4) is 0 Å². The number of hydrogen-bond acceptors (Lipinski definition) is 7. The van der Waals surface area contributed by atoms with Crippen LogP contribution >= 0.6 is 0 Å². The molecule has 1 amide bonds. The number of pyridine rings is 2. The SMILES string of the molecule is CC(C)(O)[C@H](F)CNC(=O)c1cnc(-c2ccc3cc(C#N)cnn23)cc1Nc1ccc(F)nc1. The second-order valence-electron chi connectivity index (χ2n) is 8.35. The summed E-state index contributed by atoms with van der Waals surface area (Å²) < 4.78 is 29.0. The van der Waals surface area contributed by atoms with E-state index in [1.54, 1.807) is 28.8 Å². The van der Waals surface area contributed by atoms with Crippen molar-refractivity contribution in [1.29, 1.82) is 5.26 Å². The van der Waals surface area contributed by atoms with Crippen LogP contribution in [0.2, 0.25) is 0 Å². The summed E-state index contributed by atoms with van der Waals surface area (Å²) >= 11 is 0. The molecule has 4 rings (SSSR count). The molecule has 0 aliphatic carbocycles. The summed E-state index contributed by atoms with van der Waals surface area (Å²) in [5.41, 5.74) is 1.34. The Labute approximate surface area is 199 Å². The lowest BCUT2D eigenvalue weighted by molar-refractivity contribution is -0.00177. The zero-order valence-corrected chi connectivity index (χ0v) is 18.8. The van der Waals surface area contributed by atoms with Gasteiger partial charge in [-0.2, -0.15) is 14.8 Å². The largest absolute Gasteiger partial charge is 0.387 e. The molecule has 0 fully saturated rings. The maximum absolute atomic E-state index is 14.2. The van der Waals surface area contributed by atoms with E-state index in [-0.39, 0.29) is 5.56 Å². The first-order valence-electron chi connectivity index (χ1n) is 10.6. The van der Waals surface area contributed by atoms with Gasteiger partial charge in [0.05, 0.1) is 63.9 Å². The highest BCUT2D eigenvalue weighted by Crippen LogP contribution is 2.27. The molecule has 0 aliphatic rings. The van der Waals surface area contributed by atoms with E-state index in [0.29, 0.717) is 33.8 Å². The number of halogens is 2. The van der Waals surface area contributed by atoms with Crippen molar-refractivity contribution >= 4 is 22.8 Å². The molecule has 0 radical (unpaired) electrons. The average Bonchev–Trinajstić information content (AvgIpc) is 3.26. The number of hydrogen-bond donors (Lipinski definition) is 3. The normalized spacial score (nSPS) is 12.2. The molecule has 0 saturated carbocycles. The number of carbonyl (C=O) groups is 1. The van der Waals surface area contributed by atoms with Gasteiger partial charge in [0.2, 0.25) is 5.95 Å². The number of rotatable bonds is 7. The molecule has 0 aromatic carbocycles. The summed E-state index contributed by atoms with van der Waals surface area (Å²) in [7, 11) is 0. The molecule has 0 bridgehead atoms. The van der Waals surface area contributed by atoms with Crippen LogP contribution in [0.1, 0.15) is 29.8 Å². The van der Waals surface area contributed by atoms with Crippen LogP contribution in [0.4, 0.5) is 20.2 Å². The smallest absolute Gasteiger partial charge is 0.255 e. The molecule has 1 atom stereocenters. The van der Waals surface area contributed by atoms with E-state index in [2.05, 4.69) is 25.7 Å². The zero-order chi connectivity index (χ0) is 25.2. The fraction of sp³-hybridized carbons (Fsp3) is 0.208. The number of carbonyl (C=O) groups excluding carboxylic acids is 1. The molecule has 0 aliphatic heterocycles. The number of nitrogens with one attached hydrogen (secondary N) is 2. The number of alkyl halides is 1. The van der Waals surface area contributed by atoms with Crippen LogP contribution in [0, 0.1) is 17.3 Å². The first-order valence-corrected chi connectivity index (χ1v) is 10.6. The van der Waals surface area contributed by atoms with E-state index in [4.69, 9.17) is 5.26 Å². The van der Waals surface area contributed by atoms with Gasteiger partial charge in [0.15, 0.2) is 0 Å². The Hall–Kier alpha value is -4.43. The standard InChI is InChI=1S/C24H21F2N7O2/c1-24(2,35)21(25)13-30-23(34)17-12-28-19(8-18(17)32-15-3-6-22(26)29-11-15)20-5-4-16-7-14(9-27)10-31-33(16)20/h3-8,10-12,21,35H,13H2,1-2H3,(H,28,32)(H,30,34)/t21-/m1/s1. The van der Waals surface area contributed by atoms with Crippen molar-refractivity contribution < 1.29 is 18.7 Å². The number of amides is 1. The second-order valence-corrected chi connectivity index (χ2v) is 8.35. The molecular weight excluding hydrogens is 456 g/mol. The monoisotopic (exact) mass is 477 g/mol. The Kier molecular flexibility index (Phi) is 6.40. The van der Waals surface area contributed by atoms with Crippen LogP contribution in [0.5, 0.6) is 0 Å². The highest BCUT2D eigenvalue weighted by atomic mass is 19.1. The minimum absolute atomic E-state index is 0.0987. The first kappa shape index (κ1) is 23.7. The van der Waals surface area contributed by atoms with Crippen LogP contribution in [-0.2, 0) is 0 Å². The summed E-state index contributed by atoms with van der Waals surface area (Å²) in [6.45, 7) is 2.21. The molecule has 178 valence electrons. The van der Waals surface area contributed by atoms with E-state index in [9.17, 15) is 18.7 Å². The molecule has 0 saturated heterocycles. The zero-order valence-electron chi connectivity index (χ0n) is 18.8. The van der Waals surface area contributed by atoms with Crippen LogP contribution in [-0.4, -0.2) is 48.9 Å². The van der Waals surface area contributed by atoms with E-state index in [1.807, 2.05) is 6.07 Å². The van der Waals surface area contributed by atoms with Crippen molar-refractivity contribution in [3.8, 4) is 17.5 Å². The van der Waals surface area contributed by atoms with Gasteiger partial charge in [-0.1, -0.05) is 0 Å². The quantitative estimate of drug-likeness (QED) is 0.348. The lowest BCUT2D eigenvalue weighted by atomic mass is 10.0. The van der Waals surface area contributed by atoms with Crippen LogP contribution in [0.15, 0.2) is 55.0 Å². The number of aliphatic hydroxyl groups is 1. The molecule has 35 heavy (non-hydrogen) atoms. The van der Waals surface area contributed by atoms with Gasteiger partial charge in [-0.15, -0.1) is 0 Å². The average molecular weight is 477 g/mol. The van der Waals surface area contributed by atoms with E-state index < -0.39 is 30.2 Å². The Morgan fingerprint density at radius 3 is 2.69 bits per heavy atom. The molecule has 4 aromatic rings. The van der Waals surface area contributed by atoms with Gasteiger partial charge in [-0.3, -0.25) is 9.78 Å². The Bertz CT molecular complexity index is 1420. The lowest BCUT2D eigenvalue weighted by Crippen LogP contribution is -2.42. The Balaban J connectivity index is 1.71. The van der Waals surface area contributed by atoms with E-state index in [0.717, 1.165) is 0 Å². The van der Waals surface area contributed by atoms with Crippen molar-refractivity contribution in [3.63, 3.8) is 0 Å². The summed E-state index contributed by atoms with van der Waals surface area (Å²) in [6, 6.07) is 11.5. The molecule has 9 nitrogen and oxygen atoms in total. The molecule has 4 heterocycles. The summed E-state index contributed by atoms with van der Waals surface area (Å²) in [6.07, 6.45) is 2.33. The topological polar surface area (TPSA) is 128 Å². The number of fused-ring (bicyclic) bond motifs is 1. The molecule has 0 unspecified atom stereocenters. The van der Waals surface area contributed by atoms with Gasteiger partial charge in [0.25, 0.3) is 5.91 Å². The summed E-state index contributed by atoms with van der Waals surface area (Å²) in [5.74, 6) is -1.28. The van der Waals surface area contributed by atoms with E-state index in [1.165, 1.54) is 44.6 Å². The number of nitriles is 1. The van der Waals surface area contributed by atoms with Gasteiger partial charge in [-0.25, -0.2) is 13.9 Å². The van der Waals surface area contributed by atoms with Gasteiger partial charge in [0.1, 0.15) is 12.2 Å². The maximum Gasteiger partial charge on any atom is 0.255 e. The Morgan fingerprint density at radius 1 is 1.20 bits per heavy atom. The van der Waals surface area contributed by atoms with Crippen molar-refractivity contribution in [2.24, 2.45) is 0 Å². The minimum atomic E-state index is -1.69. The van der Waals surface area contributed by atoms with Crippen molar-refractivity contribution in [2.45, 2.75) is 25.6 Å². The highest BCUT2D eigenvalue weighted by Gasteiger charge is 2.27. The third kappa shape index (κ3) is 5.23. The second kappa shape index (κ2) is 9.44. The van der Waals surface area contributed by atoms with Crippen LogP contribution in [0.25, 0.3) is 16.9 Å². The maximum atomic E-state index is 14.2. The van der Waals surface area contributed by atoms with Gasteiger partial charge >= 0.3 is 0 Å². The highest BCUT2D eigenvalue weighted by molar-refractivity contribution is 6.00. The molecule has 0 spiro atoms. The minimum Gasteiger partial charge on any atom is -0.387 e. The predicted molar refractivity (Wildman–Crippen MR) is 124 cm³/mol. The number of aromatic nitrogens is 4. The number of nitrogens with zero attached hydrogens (tertiary/aromatic N) is 5. The predicted octanol–water partition coefficient (Wildman–Crippen LogP) is 3.38. The molecule has 4 aromatic heterocycles. The third-order valence-corrected chi connectivity index (χ3v) is 5.26. The van der Waals surface area contributed by atoms with Gasteiger partial charge < -0.3 is 15.7 Å². The third-order valence-electron chi connectivity index (χ3n) is 5.26. The van der Waals surface area contributed by atoms with Crippen molar-refractivity contribution in [3.05, 3.63) is 72.1 Å². The van der Waals surface area contributed by atoms with E-state index >= 15 is 0 Å². The molecule has 11 heteroatoms. The first-order chi connectivity index (χ1) is 16.7. The molecular formula is C24H21F2N7O2.